The van der Waals surface area contributed by atoms with Crippen LogP contribution in [-0.4, -0.2) is 29.9 Å². The summed E-state index contributed by atoms with van der Waals surface area (Å²) in [4.78, 5) is 30.4. The standard InChI is InChI=1S/C29H26ClF4N3O3/c1-28(2)19-11-16(12-20(19)28)40-23-10-15(17-9-14(25(35)38)7-8-18(17)29(32,33)34)13-36-26(23)37(3)27(39)24-21(30)5-4-6-22(24)31/h4-10,13,16,19-20H,11-12H2,1-3H3,(H2,35,38). The van der Waals surface area contributed by atoms with E-state index in [4.69, 9.17) is 22.1 Å². The Bertz CT molecular complexity index is 1490. The SMILES string of the molecule is CN(C(=O)c1c(F)cccc1Cl)c1ncc(-c2cc(C(N)=O)ccc2C(F)(F)F)cc1OC1CC2C(C1)C2(C)C. The van der Waals surface area contributed by atoms with Crippen LogP contribution in [0.15, 0.2) is 48.7 Å². The lowest BCUT2D eigenvalue weighted by Crippen LogP contribution is -2.29. The Balaban J connectivity index is 1.59. The van der Waals surface area contributed by atoms with Crippen LogP contribution in [0.2, 0.25) is 5.02 Å². The van der Waals surface area contributed by atoms with E-state index in [2.05, 4.69) is 18.8 Å². The van der Waals surface area contributed by atoms with Gasteiger partial charge in [0.25, 0.3) is 5.91 Å². The minimum absolute atomic E-state index is 0.00225. The number of hydrogen-bond acceptors (Lipinski definition) is 4. The molecule has 2 amide bonds. The van der Waals surface area contributed by atoms with Crippen molar-refractivity contribution in [1.82, 2.24) is 4.98 Å². The summed E-state index contributed by atoms with van der Waals surface area (Å²) in [7, 11) is 1.35. The van der Waals surface area contributed by atoms with E-state index in [0.717, 1.165) is 48.2 Å². The fraction of sp³-hybridized carbons (Fsp3) is 0.345. The number of benzene rings is 2. The summed E-state index contributed by atoms with van der Waals surface area (Å²) in [5.41, 5.74) is 3.72. The van der Waals surface area contributed by atoms with Gasteiger partial charge in [0.05, 0.1) is 22.3 Å². The normalized spacial score (nSPS) is 21.1. The maximum Gasteiger partial charge on any atom is 0.417 e. The highest BCUT2D eigenvalue weighted by Crippen LogP contribution is 2.67. The molecule has 0 bridgehead atoms. The number of nitrogens with two attached hydrogens (primary N) is 1. The van der Waals surface area contributed by atoms with Crippen LogP contribution in [0.4, 0.5) is 23.4 Å². The van der Waals surface area contributed by atoms with Crippen molar-refractivity contribution in [2.75, 3.05) is 11.9 Å². The zero-order chi connectivity index (χ0) is 29.1. The predicted molar refractivity (Wildman–Crippen MR) is 142 cm³/mol. The van der Waals surface area contributed by atoms with Crippen LogP contribution in [0.3, 0.4) is 0 Å². The van der Waals surface area contributed by atoms with Gasteiger partial charge in [-0.25, -0.2) is 9.37 Å². The largest absolute Gasteiger partial charge is 0.486 e. The Morgan fingerprint density at radius 3 is 2.40 bits per heavy atom. The number of halogens is 5. The van der Waals surface area contributed by atoms with Gasteiger partial charge in [0.1, 0.15) is 5.82 Å². The Morgan fingerprint density at radius 1 is 1.12 bits per heavy atom. The van der Waals surface area contributed by atoms with Crippen molar-refractivity contribution in [2.24, 2.45) is 23.0 Å². The molecule has 0 aliphatic heterocycles. The Kier molecular flexibility index (Phi) is 6.81. The van der Waals surface area contributed by atoms with Crippen molar-refractivity contribution in [2.45, 2.75) is 39.0 Å². The van der Waals surface area contributed by atoms with Crippen molar-refractivity contribution in [3.63, 3.8) is 0 Å². The first kappa shape index (κ1) is 27.9. The van der Waals surface area contributed by atoms with Crippen LogP contribution >= 0.6 is 11.6 Å². The molecule has 3 aromatic rings. The first-order valence-electron chi connectivity index (χ1n) is 12.6. The predicted octanol–water partition coefficient (Wildman–Crippen LogP) is 6.75. The molecular weight excluding hydrogens is 550 g/mol. The Labute approximate surface area is 233 Å². The first-order valence-corrected chi connectivity index (χ1v) is 13.0. The van der Waals surface area contributed by atoms with E-state index in [-0.39, 0.29) is 50.4 Å². The minimum atomic E-state index is -4.74. The van der Waals surface area contributed by atoms with Gasteiger partial charge in [-0.05, 0) is 72.1 Å². The summed E-state index contributed by atoms with van der Waals surface area (Å²) in [5, 5.41) is -0.105. The molecule has 2 fully saturated rings. The van der Waals surface area contributed by atoms with Crippen LogP contribution in [0.25, 0.3) is 11.1 Å². The molecule has 11 heteroatoms. The van der Waals surface area contributed by atoms with E-state index in [1.807, 2.05) is 0 Å². The van der Waals surface area contributed by atoms with Gasteiger partial charge in [-0.2, -0.15) is 13.2 Å². The summed E-state index contributed by atoms with van der Waals surface area (Å²) < 4.78 is 62.6. The lowest BCUT2D eigenvalue weighted by atomic mass is 9.97. The van der Waals surface area contributed by atoms with Crippen LogP contribution in [-0.2, 0) is 6.18 Å². The van der Waals surface area contributed by atoms with Crippen LogP contribution < -0.4 is 15.4 Å². The Hall–Kier alpha value is -3.66. The number of carbonyl (C=O) groups is 2. The number of rotatable bonds is 6. The molecule has 2 N–H and O–H groups in total. The molecule has 2 aliphatic rings. The highest BCUT2D eigenvalue weighted by atomic mass is 35.5. The maximum absolute atomic E-state index is 14.5. The second-order valence-corrected chi connectivity index (χ2v) is 11.3. The average Bonchev–Trinajstić information content (AvgIpc) is 3.18. The van der Waals surface area contributed by atoms with Crippen LogP contribution in [0.1, 0.15) is 53.0 Å². The van der Waals surface area contributed by atoms with Crippen molar-refractivity contribution in [3.05, 3.63) is 76.2 Å². The molecule has 2 aliphatic carbocycles. The van der Waals surface area contributed by atoms with Crippen molar-refractivity contribution < 1.29 is 31.9 Å². The smallest absolute Gasteiger partial charge is 0.417 e. The molecule has 2 aromatic carbocycles. The van der Waals surface area contributed by atoms with Crippen molar-refractivity contribution >= 4 is 29.2 Å². The van der Waals surface area contributed by atoms with Gasteiger partial charge in [0.2, 0.25) is 5.91 Å². The van der Waals surface area contributed by atoms with Crippen molar-refractivity contribution in [3.8, 4) is 16.9 Å². The zero-order valence-corrected chi connectivity index (χ0v) is 22.6. The third-order valence-corrected chi connectivity index (χ3v) is 8.48. The van der Waals surface area contributed by atoms with Gasteiger partial charge in [0, 0.05) is 24.4 Å². The summed E-state index contributed by atoms with van der Waals surface area (Å²) in [6.45, 7) is 4.36. The molecule has 0 saturated heterocycles. The third kappa shape index (κ3) is 4.89. The number of anilines is 1. The first-order chi connectivity index (χ1) is 18.7. The van der Waals surface area contributed by atoms with Gasteiger partial charge >= 0.3 is 6.18 Å². The molecule has 1 heterocycles. The molecule has 40 heavy (non-hydrogen) atoms. The molecule has 0 spiro atoms. The molecule has 1 aromatic heterocycles. The van der Waals surface area contributed by atoms with Gasteiger partial charge in [-0.1, -0.05) is 31.5 Å². The molecule has 0 radical (unpaired) electrons. The van der Waals surface area contributed by atoms with E-state index in [9.17, 15) is 27.2 Å². The highest BCUT2D eigenvalue weighted by molar-refractivity contribution is 6.34. The van der Waals surface area contributed by atoms with Gasteiger partial charge in [0.15, 0.2) is 11.6 Å². The second-order valence-electron chi connectivity index (χ2n) is 10.9. The van der Waals surface area contributed by atoms with Gasteiger partial charge < -0.3 is 10.5 Å². The number of primary amides is 1. The molecule has 2 saturated carbocycles. The van der Waals surface area contributed by atoms with E-state index in [1.54, 1.807) is 0 Å². The average molecular weight is 576 g/mol. The van der Waals surface area contributed by atoms with Gasteiger partial charge in [-0.15, -0.1) is 0 Å². The van der Waals surface area contributed by atoms with Crippen molar-refractivity contribution in [1.29, 1.82) is 0 Å². The lowest BCUT2D eigenvalue weighted by Gasteiger charge is -2.25. The number of amides is 2. The molecular formula is C29H26ClF4N3O3. The van der Waals surface area contributed by atoms with E-state index < -0.39 is 29.4 Å². The number of ether oxygens (including phenoxy) is 1. The van der Waals surface area contributed by atoms with E-state index >= 15 is 0 Å². The Morgan fingerprint density at radius 2 is 1.80 bits per heavy atom. The number of alkyl halides is 3. The number of hydrogen-bond donors (Lipinski definition) is 1. The maximum atomic E-state index is 14.5. The minimum Gasteiger partial charge on any atom is -0.486 e. The van der Waals surface area contributed by atoms with Crippen LogP contribution in [0.5, 0.6) is 5.75 Å². The van der Waals surface area contributed by atoms with Crippen LogP contribution in [0, 0.1) is 23.1 Å². The summed E-state index contributed by atoms with van der Waals surface area (Å²) in [5.74, 6) is -1.60. The molecule has 2 atom stereocenters. The fourth-order valence-electron chi connectivity index (χ4n) is 5.80. The fourth-order valence-corrected chi connectivity index (χ4v) is 6.05. The molecule has 5 rings (SSSR count). The molecule has 210 valence electrons. The monoisotopic (exact) mass is 575 g/mol. The van der Waals surface area contributed by atoms with E-state index in [0.29, 0.717) is 11.8 Å². The zero-order valence-electron chi connectivity index (χ0n) is 21.9. The highest BCUT2D eigenvalue weighted by Gasteiger charge is 2.62. The topological polar surface area (TPSA) is 85.5 Å². The number of nitrogens with zero attached hydrogens (tertiary/aromatic N) is 2. The molecule has 6 nitrogen and oxygen atoms in total. The van der Waals surface area contributed by atoms with E-state index in [1.165, 1.54) is 25.2 Å². The number of aromatic nitrogens is 1. The molecule has 2 unspecified atom stereocenters. The summed E-state index contributed by atoms with van der Waals surface area (Å²) >= 11 is 6.10. The second kappa shape index (κ2) is 9.76. The number of carbonyl (C=O) groups excluding carboxylic acids is 2. The van der Waals surface area contributed by atoms with Gasteiger partial charge in [-0.3, -0.25) is 14.5 Å². The third-order valence-electron chi connectivity index (χ3n) is 8.17. The summed E-state index contributed by atoms with van der Waals surface area (Å²) in [6, 6.07) is 8.01. The number of fused-ring (bicyclic) bond motifs is 1. The lowest BCUT2D eigenvalue weighted by molar-refractivity contribution is -0.137. The quantitative estimate of drug-likeness (QED) is 0.330. The number of pyridine rings is 1. The summed E-state index contributed by atoms with van der Waals surface area (Å²) in [6.07, 6.45) is -2.37.